The fourth-order valence-electron chi connectivity index (χ4n) is 1.85. The van der Waals surface area contributed by atoms with E-state index in [1.54, 1.807) is 0 Å². The van der Waals surface area contributed by atoms with Gasteiger partial charge in [-0.3, -0.25) is 0 Å². The van der Waals surface area contributed by atoms with Gasteiger partial charge < -0.3 is 21.3 Å². The van der Waals surface area contributed by atoms with Crippen LogP contribution in [0.5, 0.6) is 0 Å². The van der Waals surface area contributed by atoms with Crippen LogP contribution in [0.25, 0.3) is 0 Å². The molecule has 4 N–H and O–H groups in total. The van der Waals surface area contributed by atoms with E-state index in [1.807, 2.05) is 14.1 Å². The zero-order valence-electron chi connectivity index (χ0n) is 12.5. The highest BCUT2D eigenvalue weighted by Gasteiger charge is 1.91. The molecule has 0 aliphatic heterocycles. The van der Waals surface area contributed by atoms with Crippen LogP contribution in [0.2, 0.25) is 0 Å². The SMILES string of the molecule is CNCCCCNCCCCNCCCCNC. The minimum Gasteiger partial charge on any atom is -0.320 e. The van der Waals surface area contributed by atoms with Crippen LogP contribution >= 0.6 is 0 Å². The molecule has 110 valence electrons. The summed E-state index contributed by atoms with van der Waals surface area (Å²) in [5, 5.41) is 13.3. The van der Waals surface area contributed by atoms with Gasteiger partial charge in [0.2, 0.25) is 0 Å². The topological polar surface area (TPSA) is 48.1 Å². The first-order chi connectivity index (χ1) is 8.91. The van der Waals surface area contributed by atoms with Gasteiger partial charge in [0, 0.05) is 0 Å². The molecular formula is C14H34N4. The number of unbranched alkanes of at least 4 members (excludes halogenated alkanes) is 3. The van der Waals surface area contributed by atoms with E-state index in [0.717, 1.165) is 13.1 Å². The zero-order chi connectivity index (χ0) is 13.3. The molecule has 0 bridgehead atoms. The standard InChI is InChI=1S/C14H34N4/c1-15-9-3-5-11-17-13-7-8-14-18-12-6-4-10-16-2/h15-18H,3-14H2,1-2H3. The largest absolute Gasteiger partial charge is 0.320 e. The Bertz CT molecular complexity index is 126. The monoisotopic (exact) mass is 258 g/mol. The van der Waals surface area contributed by atoms with E-state index in [1.165, 1.54) is 64.7 Å². The summed E-state index contributed by atoms with van der Waals surface area (Å²) in [7, 11) is 4.03. The van der Waals surface area contributed by atoms with E-state index >= 15 is 0 Å². The molecule has 0 aromatic heterocycles. The lowest BCUT2D eigenvalue weighted by atomic mass is 10.2. The second-order valence-electron chi connectivity index (χ2n) is 4.83. The Morgan fingerprint density at radius 2 is 0.722 bits per heavy atom. The molecule has 0 spiro atoms. The normalized spacial score (nSPS) is 11.0. The third kappa shape index (κ3) is 15.8. The number of hydrogen-bond donors (Lipinski definition) is 4. The Morgan fingerprint density at radius 3 is 1.00 bits per heavy atom. The maximum Gasteiger partial charge on any atom is -0.00484 e. The second kappa shape index (κ2) is 16.8. The van der Waals surface area contributed by atoms with E-state index in [2.05, 4.69) is 21.3 Å². The van der Waals surface area contributed by atoms with Crippen LogP contribution in [0, 0.1) is 0 Å². The Morgan fingerprint density at radius 1 is 0.444 bits per heavy atom. The van der Waals surface area contributed by atoms with Crippen LogP contribution in [0.15, 0.2) is 0 Å². The van der Waals surface area contributed by atoms with Gasteiger partial charge in [-0.05, 0) is 91.9 Å². The van der Waals surface area contributed by atoms with Crippen LogP contribution in [0.1, 0.15) is 38.5 Å². The van der Waals surface area contributed by atoms with Crippen LogP contribution in [-0.4, -0.2) is 53.4 Å². The highest BCUT2D eigenvalue weighted by Crippen LogP contribution is 1.88. The van der Waals surface area contributed by atoms with Crippen molar-refractivity contribution >= 4 is 0 Å². The molecule has 0 rings (SSSR count). The molecular weight excluding hydrogens is 224 g/mol. The molecule has 0 unspecified atom stereocenters. The molecule has 0 aromatic carbocycles. The quantitative estimate of drug-likeness (QED) is 0.330. The van der Waals surface area contributed by atoms with Crippen molar-refractivity contribution in [3.8, 4) is 0 Å². The lowest BCUT2D eigenvalue weighted by Crippen LogP contribution is -2.21. The first kappa shape index (κ1) is 17.8. The summed E-state index contributed by atoms with van der Waals surface area (Å²) in [4.78, 5) is 0. The Labute approximate surface area is 114 Å². The van der Waals surface area contributed by atoms with E-state index in [0.29, 0.717) is 0 Å². The smallest absolute Gasteiger partial charge is 0.00484 e. The first-order valence-electron chi connectivity index (χ1n) is 7.62. The summed E-state index contributed by atoms with van der Waals surface area (Å²) in [5.74, 6) is 0. The minimum atomic E-state index is 1.14. The van der Waals surface area contributed by atoms with Crippen LogP contribution in [-0.2, 0) is 0 Å². The molecule has 0 aliphatic carbocycles. The Kier molecular flexibility index (Phi) is 16.7. The van der Waals surface area contributed by atoms with Gasteiger partial charge in [-0.15, -0.1) is 0 Å². The summed E-state index contributed by atoms with van der Waals surface area (Å²) in [6.07, 6.45) is 7.69. The number of nitrogens with one attached hydrogen (secondary N) is 4. The molecule has 0 heterocycles. The van der Waals surface area contributed by atoms with Crippen LogP contribution < -0.4 is 21.3 Å². The van der Waals surface area contributed by atoms with Gasteiger partial charge in [0.05, 0.1) is 0 Å². The molecule has 0 saturated carbocycles. The highest BCUT2D eigenvalue weighted by molar-refractivity contribution is 4.54. The van der Waals surface area contributed by atoms with E-state index < -0.39 is 0 Å². The van der Waals surface area contributed by atoms with Crippen molar-refractivity contribution in [1.29, 1.82) is 0 Å². The maximum absolute atomic E-state index is 3.50. The molecule has 0 saturated heterocycles. The summed E-state index contributed by atoms with van der Waals surface area (Å²) < 4.78 is 0. The third-order valence-corrected chi connectivity index (χ3v) is 3.02. The molecule has 0 fully saturated rings. The first-order valence-corrected chi connectivity index (χ1v) is 7.62. The van der Waals surface area contributed by atoms with Crippen molar-refractivity contribution in [2.45, 2.75) is 38.5 Å². The van der Waals surface area contributed by atoms with Crippen LogP contribution in [0.3, 0.4) is 0 Å². The van der Waals surface area contributed by atoms with Gasteiger partial charge in [0.1, 0.15) is 0 Å². The highest BCUT2D eigenvalue weighted by atomic mass is 14.9. The predicted octanol–water partition coefficient (Wildman–Crippen LogP) is 0.945. The summed E-state index contributed by atoms with van der Waals surface area (Å²) >= 11 is 0. The lowest BCUT2D eigenvalue weighted by molar-refractivity contribution is 0.550. The molecule has 0 amide bonds. The van der Waals surface area contributed by atoms with Crippen molar-refractivity contribution in [2.75, 3.05) is 53.4 Å². The number of rotatable bonds is 15. The third-order valence-electron chi connectivity index (χ3n) is 3.02. The molecule has 0 aliphatic rings. The zero-order valence-corrected chi connectivity index (χ0v) is 12.5. The van der Waals surface area contributed by atoms with Crippen molar-refractivity contribution in [1.82, 2.24) is 21.3 Å². The van der Waals surface area contributed by atoms with Crippen molar-refractivity contribution < 1.29 is 0 Å². The van der Waals surface area contributed by atoms with E-state index in [4.69, 9.17) is 0 Å². The molecule has 0 aromatic rings. The van der Waals surface area contributed by atoms with Crippen LogP contribution in [0.4, 0.5) is 0 Å². The fourth-order valence-corrected chi connectivity index (χ4v) is 1.85. The minimum absolute atomic E-state index is 1.14. The molecule has 0 radical (unpaired) electrons. The van der Waals surface area contributed by atoms with Gasteiger partial charge in [-0.25, -0.2) is 0 Å². The number of hydrogen-bond acceptors (Lipinski definition) is 4. The van der Waals surface area contributed by atoms with Gasteiger partial charge in [-0.2, -0.15) is 0 Å². The summed E-state index contributed by atoms with van der Waals surface area (Å²) in [6.45, 7) is 6.94. The van der Waals surface area contributed by atoms with Crippen molar-refractivity contribution in [3.63, 3.8) is 0 Å². The molecule has 4 heteroatoms. The molecule has 4 nitrogen and oxygen atoms in total. The van der Waals surface area contributed by atoms with E-state index in [9.17, 15) is 0 Å². The maximum atomic E-state index is 3.50. The Hall–Kier alpha value is -0.160. The average molecular weight is 258 g/mol. The predicted molar refractivity (Wildman–Crippen MR) is 81.3 cm³/mol. The van der Waals surface area contributed by atoms with Crippen molar-refractivity contribution in [2.24, 2.45) is 0 Å². The van der Waals surface area contributed by atoms with Gasteiger partial charge in [-0.1, -0.05) is 0 Å². The summed E-state index contributed by atoms with van der Waals surface area (Å²) in [6, 6.07) is 0. The lowest BCUT2D eigenvalue weighted by Gasteiger charge is -2.06. The van der Waals surface area contributed by atoms with Crippen molar-refractivity contribution in [3.05, 3.63) is 0 Å². The van der Waals surface area contributed by atoms with Gasteiger partial charge in [0.25, 0.3) is 0 Å². The van der Waals surface area contributed by atoms with E-state index in [-0.39, 0.29) is 0 Å². The van der Waals surface area contributed by atoms with Gasteiger partial charge in [0.15, 0.2) is 0 Å². The van der Waals surface area contributed by atoms with Gasteiger partial charge >= 0.3 is 0 Å². The second-order valence-corrected chi connectivity index (χ2v) is 4.83. The molecule has 0 atom stereocenters. The average Bonchev–Trinajstić information content (AvgIpc) is 2.39. The fraction of sp³-hybridized carbons (Fsp3) is 1.00. The summed E-state index contributed by atoms with van der Waals surface area (Å²) in [5.41, 5.74) is 0. The Balaban J connectivity index is 2.86. The molecule has 18 heavy (non-hydrogen) atoms.